The van der Waals surface area contributed by atoms with E-state index in [2.05, 4.69) is 0 Å². The molecule has 0 amide bonds. The van der Waals surface area contributed by atoms with Crippen molar-refractivity contribution in [1.29, 1.82) is 0 Å². The van der Waals surface area contributed by atoms with Crippen LogP contribution in [0.25, 0.3) is 0 Å². The van der Waals surface area contributed by atoms with Crippen LogP contribution in [0.1, 0.15) is 17.7 Å². The molecular weight excluding hydrogens is 268 g/mol. The molecule has 0 spiro atoms. The number of thiophene rings is 1. The van der Waals surface area contributed by atoms with Crippen LogP contribution in [0.4, 0.5) is 0 Å². The van der Waals surface area contributed by atoms with Gasteiger partial charge in [-0.25, -0.2) is 8.42 Å². The molecule has 3 atom stereocenters. The fraction of sp³-hybridized carbons (Fsp3) is 0.667. The van der Waals surface area contributed by atoms with Crippen LogP contribution >= 0.6 is 11.3 Å². The first-order valence-electron chi connectivity index (χ1n) is 6.30. The Balaban J connectivity index is 1.84. The van der Waals surface area contributed by atoms with Gasteiger partial charge in [-0.05, 0) is 43.7 Å². The van der Waals surface area contributed by atoms with E-state index < -0.39 is 10.0 Å². The third kappa shape index (κ3) is 1.91. The van der Waals surface area contributed by atoms with Gasteiger partial charge in [0.05, 0.1) is 0 Å². The molecule has 1 aromatic heterocycles. The highest BCUT2D eigenvalue weighted by atomic mass is 32.2. The zero-order valence-electron chi connectivity index (χ0n) is 10.4. The average molecular weight is 286 g/mol. The summed E-state index contributed by atoms with van der Waals surface area (Å²) >= 11 is 1.35. The minimum Gasteiger partial charge on any atom is -0.327 e. The fourth-order valence-corrected chi connectivity index (χ4v) is 6.11. The molecule has 0 bridgehead atoms. The highest BCUT2D eigenvalue weighted by Gasteiger charge is 2.45. The van der Waals surface area contributed by atoms with E-state index in [0.717, 1.165) is 17.7 Å². The van der Waals surface area contributed by atoms with Crippen molar-refractivity contribution in [3.05, 3.63) is 17.0 Å². The van der Waals surface area contributed by atoms with Gasteiger partial charge in [0.1, 0.15) is 4.21 Å². The molecule has 1 saturated heterocycles. The number of aryl methyl sites for hydroxylation is 1. The highest BCUT2D eigenvalue weighted by Crippen LogP contribution is 2.39. The molecule has 4 nitrogen and oxygen atoms in total. The number of nitrogens with zero attached hydrogens (tertiary/aromatic N) is 1. The lowest BCUT2D eigenvalue weighted by Gasteiger charge is -2.17. The molecule has 2 heterocycles. The predicted octanol–water partition coefficient (Wildman–Crippen LogP) is 1.41. The van der Waals surface area contributed by atoms with E-state index in [-0.39, 0.29) is 6.04 Å². The summed E-state index contributed by atoms with van der Waals surface area (Å²) < 4.78 is 27.1. The summed E-state index contributed by atoms with van der Waals surface area (Å²) in [5, 5.41) is 0. The van der Waals surface area contributed by atoms with Gasteiger partial charge >= 0.3 is 0 Å². The van der Waals surface area contributed by atoms with E-state index in [0.29, 0.717) is 29.1 Å². The summed E-state index contributed by atoms with van der Waals surface area (Å²) in [4.78, 5) is 1.03. The Morgan fingerprint density at radius 1 is 1.33 bits per heavy atom. The number of nitrogens with two attached hydrogens (primary N) is 1. The van der Waals surface area contributed by atoms with Gasteiger partial charge in [-0.3, -0.25) is 0 Å². The van der Waals surface area contributed by atoms with Gasteiger partial charge in [0, 0.05) is 24.0 Å². The van der Waals surface area contributed by atoms with Gasteiger partial charge < -0.3 is 5.73 Å². The van der Waals surface area contributed by atoms with Gasteiger partial charge in [0.25, 0.3) is 10.0 Å². The van der Waals surface area contributed by atoms with Crippen molar-refractivity contribution in [2.45, 2.75) is 30.0 Å². The van der Waals surface area contributed by atoms with Crippen molar-refractivity contribution in [2.75, 3.05) is 13.1 Å². The summed E-state index contributed by atoms with van der Waals surface area (Å²) in [6.07, 6.45) is 2.11. The standard InChI is InChI=1S/C12H18N2O2S2/c1-8-2-5-12(17-8)18(15,16)14-6-9-3-4-11(13)10(9)7-14/h2,5,9-11H,3-4,6-7,13H2,1H3. The van der Waals surface area contributed by atoms with Crippen LogP contribution in [0.15, 0.2) is 16.3 Å². The SMILES string of the molecule is Cc1ccc(S(=O)(=O)N2CC3CCC(N)C3C2)s1. The van der Waals surface area contributed by atoms with E-state index in [1.54, 1.807) is 10.4 Å². The number of sulfonamides is 1. The number of hydrogen-bond donors (Lipinski definition) is 1. The molecule has 0 aromatic carbocycles. The summed E-state index contributed by atoms with van der Waals surface area (Å²) in [5.41, 5.74) is 6.05. The lowest BCUT2D eigenvalue weighted by molar-refractivity contribution is 0.428. The monoisotopic (exact) mass is 286 g/mol. The van der Waals surface area contributed by atoms with Crippen molar-refractivity contribution in [3.8, 4) is 0 Å². The summed E-state index contributed by atoms with van der Waals surface area (Å²) in [5.74, 6) is 0.830. The number of hydrogen-bond acceptors (Lipinski definition) is 4. The second-order valence-electron chi connectivity index (χ2n) is 5.35. The second kappa shape index (κ2) is 4.30. The molecule has 2 N–H and O–H groups in total. The molecule has 1 aliphatic carbocycles. The Labute approximate surface area is 112 Å². The summed E-state index contributed by atoms with van der Waals surface area (Å²) in [6.45, 7) is 3.18. The molecule has 2 fully saturated rings. The van der Waals surface area contributed by atoms with Crippen molar-refractivity contribution >= 4 is 21.4 Å². The number of rotatable bonds is 2. The molecular formula is C12H18N2O2S2. The number of fused-ring (bicyclic) bond motifs is 1. The maximum Gasteiger partial charge on any atom is 0.252 e. The molecule has 0 radical (unpaired) electrons. The normalized spacial score (nSPS) is 32.9. The van der Waals surface area contributed by atoms with Crippen molar-refractivity contribution in [3.63, 3.8) is 0 Å². The van der Waals surface area contributed by atoms with E-state index in [4.69, 9.17) is 5.73 Å². The van der Waals surface area contributed by atoms with Crippen LogP contribution in [-0.2, 0) is 10.0 Å². The van der Waals surface area contributed by atoms with Gasteiger partial charge in [0.2, 0.25) is 0 Å². The van der Waals surface area contributed by atoms with E-state index in [1.165, 1.54) is 11.3 Å². The summed E-state index contributed by atoms with van der Waals surface area (Å²) in [7, 11) is -3.29. The fourth-order valence-electron chi connectivity index (χ4n) is 3.14. The zero-order chi connectivity index (χ0) is 12.9. The lowest BCUT2D eigenvalue weighted by atomic mass is 9.98. The van der Waals surface area contributed by atoms with Crippen LogP contribution in [-0.4, -0.2) is 31.9 Å². The third-order valence-electron chi connectivity index (χ3n) is 4.19. The maximum atomic E-state index is 12.5. The third-order valence-corrected chi connectivity index (χ3v) is 7.49. The minimum atomic E-state index is -3.29. The van der Waals surface area contributed by atoms with Crippen molar-refractivity contribution < 1.29 is 8.42 Å². The Morgan fingerprint density at radius 2 is 2.11 bits per heavy atom. The first-order valence-corrected chi connectivity index (χ1v) is 8.56. The van der Waals surface area contributed by atoms with Crippen LogP contribution < -0.4 is 5.73 Å². The van der Waals surface area contributed by atoms with Gasteiger partial charge in [-0.15, -0.1) is 11.3 Å². The Kier molecular flexibility index (Phi) is 3.01. The van der Waals surface area contributed by atoms with Gasteiger partial charge in [0.15, 0.2) is 0 Å². The first-order chi connectivity index (χ1) is 8.48. The van der Waals surface area contributed by atoms with Crippen LogP contribution in [0, 0.1) is 18.8 Å². The molecule has 1 saturated carbocycles. The second-order valence-corrected chi connectivity index (χ2v) is 8.80. The molecule has 2 aliphatic rings. The Morgan fingerprint density at radius 3 is 2.72 bits per heavy atom. The largest absolute Gasteiger partial charge is 0.327 e. The molecule has 18 heavy (non-hydrogen) atoms. The van der Waals surface area contributed by atoms with Crippen LogP contribution in [0.5, 0.6) is 0 Å². The summed E-state index contributed by atoms with van der Waals surface area (Å²) in [6, 6.07) is 3.75. The van der Waals surface area contributed by atoms with Gasteiger partial charge in [-0.2, -0.15) is 4.31 Å². The molecule has 1 aromatic rings. The van der Waals surface area contributed by atoms with E-state index in [9.17, 15) is 8.42 Å². The highest BCUT2D eigenvalue weighted by molar-refractivity contribution is 7.91. The van der Waals surface area contributed by atoms with E-state index >= 15 is 0 Å². The Bertz CT molecular complexity index is 552. The van der Waals surface area contributed by atoms with Gasteiger partial charge in [-0.1, -0.05) is 0 Å². The molecule has 100 valence electrons. The lowest BCUT2D eigenvalue weighted by Crippen LogP contribution is -2.33. The molecule has 3 rings (SSSR count). The van der Waals surface area contributed by atoms with Crippen LogP contribution in [0.2, 0.25) is 0 Å². The van der Waals surface area contributed by atoms with E-state index in [1.807, 2.05) is 13.0 Å². The molecule has 3 unspecified atom stereocenters. The smallest absolute Gasteiger partial charge is 0.252 e. The first kappa shape index (κ1) is 12.6. The minimum absolute atomic E-state index is 0.181. The average Bonchev–Trinajstić information content (AvgIpc) is 2.96. The zero-order valence-corrected chi connectivity index (χ0v) is 12.0. The van der Waals surface area contributed by atoms with Crippen molar-refractivity contribution in [1.82, 2.24) is 4.31 Å². The topological polar surface area (TPSA) is 63.4 Å². The molecule has 1 aliphatic heterocycles. The maximum absolute atomic E-state index is 12.5. The molecule has 6 heteroatoms. The Hall–Kier alpha value is -0.430. The van der Waals surface area contributed by atoms with Crippen molar-refractivity contribution in [2.24, 2.45) is 17.6 Å². The quantitative estimate of drug-likeness (QED) is 0.894. The van der Waals surface area contributed by atoms with Crippen LogP contribution in [0.3, 0.4) is 0 Å². The predicted molar refractivity (Wildman–Crippen MR) is 72.0 cm³/mol.